The van der Waals surface area contributed by atoms with Crippen LogP contribution >= 0.6 is 11.6 Å². The summed E-state index contributed by atoms with van der Waals surface area (Å²) in [5, 5.41) is 3.46. The van der Waals surface area contributed by atoms with Crippen molar-refractivity contribution < 1.29 is 27.4 Å². The van der Waals surface area contributed by atoms with E-state index < -0.39 is 18.8 Å². The Morgan fingerprint density at radius 2 is 1.97 bits per heavy atom. The lowest BCUT2D eigenvalue weighted by molar-refractivity contribution is -0.154. The third-order valence-electron chi connectivity index (χ3n) is 4.37. The lowest BCUT2D eigenvalue weighted by atomic mass is 10.2. The number of alkyl halides is 3. The first-order chi connectivity index (χ1) is 13.7. The minimum atomic E-state index is -4.44. The van der Waals surface area contributed by atoms with Crippen LogP contribution in [0.5, 0.6) is 11.6 Å². The number of nitrogens with zero attached hydrogens (tertiary/aromatic N) is 2. The second-order valence-corrected chi connectivity index (χ2v) is 7.22. The first-order valence-electron chi connectivity index (χ1n) is 8.91. The summed E-state index contributed by atoms with van der Waals surface area (Å²) in [4.78, 5) is 20.2. The second-order valence-electron chi connectivity index (χ2n) is 6.78. The quantitative estimate of drug-likeness (QED) is 0.687. The molecule has 1 aliphatic rings. The van der Waals surface area contributed by atoms with Gasteiger partial charge in [0, 0.05) is 16.9 Å². The molecule has 0 aliphatic heterocycles. The van der Waals surface area contributed by atoms with Crippen LogP contribution in [0.4, 0.5) is 13.2 Å². The Balaban J connectivity index is 1.43. The largest absolute Gasteiger partial charge is 0.493 e. The van der Waals surface area contributed by atoms with Crippen LogP contribution in [0.15, 0.2) is 36.7 Å². The molecule has 29 heavy (non-hydrogen) atoms. The monoisotopic (exact) mass is 429 g/mol. The number of rotatable bonds is 8. The van der Waals surface area contributed by atoms with E-state index in [2.05, 4.69) is 20.0 Å². The zero-order valence-electron chi connectivity index (χ0n) is 15.4. The maximum atomic E-state index is 12.4. The minimum Gasteiger partial charge on any atom is -0.493 e. The summed E-state index contributed by atoms with van der Waals surface area (Å²) in [7, 11) is 0. The lowest BCUT2D eigenvalue weighted by Gasteiger charge is -2.14. The average Bonchev–Trinajstić information content (AvgIpc) is 3.45. The van der Waals surface area contributed by atoms with Gasteiger partial charge in [-0.3, -0.25) is 9.78 Å². The summed E-state index contributed by atoms with van der Waals surface area (Å²) in [5.41, 5.74) is 0.423. The molecular formula is C19H19ClF3N3O3. The SMILES string of the molecule is CC(NC(=O)C1CC1COc1ccc(Cl)cc1)c1cnc(OCC(F)(F)F)cn1. The normalized spacial score (nSPS) is 19.3. The molecule has 1 N–H and O–H groups in total. The van der Waals surface area contributed by atoms with Crippen molar-refractivity contribution in [3.8, 4) is 11.6 Å². The van der Waals surface area contributed by atoms with Crippen molar-refractivity contribution in [3.63, 3.8) is 0 Å². The van der Waals surface area contributed by atoms with E-state index in [1.54, 1.807) is 31.2 Å². The van der Waals surface area contributed by atoms with Gasteiger partial charge in [0.15, 0.2) is 6.61 Å². The van der Waals surface area contributed by atoms with Crippen molar-refractivity contribution in [2.45, 2.75) is 25.6 Å². The minimum absolute atomic E-state index is 0.124. The highest BCUT2D eigenvalue weighted by Crippen LogP contribution is 2.39. The number of nitrogens with one attached hydrogen (secondary N) is 1. The molecule has 0 radical (unpaired) electrons. The van der Waals surface area contributed by atoms with Crippen molar-refractivity contribution in [2.24, 2.45) is 11.8 Å². The molecular weight excluding hydrogens is 411 g/mol. The predicted molar refractivity (Wildman–Crippen MR) is 98.7 cm³/mol. The summed E-state index contributed by atoms with van der Waals surface area (Å²) < 4.78 is 46.6. The number of aromatic nitrogens is 2. The van der Waals surface area contributed by atoms with Gasteiger partial charge in [0.05, 0.1) is 30.7 Å². The Hall–Kier alpha value is -2.55. The van der Waals surface area contributed by atoms with Gasteiger partial charge < -0.3 is 14.8 Å². The van der Waals surface area contributed by atoms with Crippen molar-refractivity contribution in [1.82, 2.24) is 15.3 Å². The number of halogens is 4. The Bertz CT molecular complexity index is 831. The zero-order valence-corrected chi connectivity index (χ0v) is 16.2. The van der Waals surface area contributed by atoms with Gasteiger partial charge in [-0.1, -0.05) is 11.6 Å². The number of hydrogen-bond donors (Lipinski definition) is 1. The molecule has 3 rings (SSSR count). The van der Waals surface area contributed by atoms with E-state index in [-0.39, 0.29) is 23.6 Å². The van der Waals surface area contributed by atoms with Gasteiger partial charge in [0.2, 0.25) is 11.8 Å². The summed E-state index contributed by atoms with van der Waals surface area (Å²) in [5.74, 6) is 0.318. The van der Waals surface area contributed by atoms with E-state index in [0.29, 0.717) is 23.1 Å². The fourth-order valence-electron chi connectivity index (χ4n) is 2.66. The highest BCUT2D eigenvalue weighted by molar-refractivity contribution is 6.30. The molecule has 3 atom stereocenters. The van der Waals surface area contributed by atoms with E-state index in [1.165, 1.54) is 6.20 Å². The van der Waals surface area contributed by atoms with Crippen molar-refractivity contribution in [1.29, 1.82) is 0 Å². The van der Waals surface area contributed by atoms with Crippen LogP contribution in [-0.4, -0.2) is 35.3 Å². The van der Waals surface area contributed by atoms with Gasteiger partial charge >= 0.3 is 6.18 Å². The smallest absolute Gasteiger partial charge is 0.422 e. The van der Waals surface area contributed by atoms with E-state index in [0.717, 1.165) is 12.6 Å². The number of benzene rings is 1. The summed E-state index contributed by atoms with van der Waals surface area (Å²) in [6.45, 7) is 0.716. The van der Waals surface area contributed by atoms with Gasteiger partial charge in [-0.25, -0.2) is 4.98 Å². The van der Waals surface area contributed by atoms with Gasteiger partial charge in [0.1, 0.15) is 5.75 Å². The third-order valence-corrected chi connectivity index (χ3v) is 4.62. The van der Waals surface area contributed by atoms with Crippen LogP contribution in [0, 0.1) is 11.8 Å². The molecule has 3 unspecified atom stereocenters. The molecule has 1 saturated carbocycles. The maximum absolute atomic E-state index is 12.4. The number of carbonyl (C=O) groups is 1. The van der Waals surface area contributed by atoms with Crippen LogP contribution in [0.2, 0.25) is 5.02 Å². The predicted octanol–water partition coefficient (Wildman–Crippen LogP) is 3.96. The highest BCUT2D eigenvalue weighted by atomic mass is 35.5. The van der Waals surface area contributed by atoms with Crippen molar-refractivity contribution in [3.05, 3.63) is 47.4 Å². The topological polar surface area (TPSA) is 73.3 Å². The Morgan fingerprint density at radius 3 is 2.59 bits per heavy atom. The van der Waals surface area contributed by atoms with Crippen molar-refractivity contribution in [2.75, 3.05) is 13.2 Å². The Kier molecular flexibility index (Phi) is 6.46. The summed E-state index contributed by atoms with van der Waals surface area (Å²) in [6.07, 6.45) is -1.34. The van der Waals surface area contributed by atoms with E-state index in [4.69, 9.17) is 16.3 Å². The van der Waals surface area contributed by atoms with E-state index >= 15 is 0 Å². The maximum Gasteiger partial charge on any atom is 0.422 e. The van der Waals surface area contributed by atoms with Crippen LogP contribution in [0.25, 0.3) is 0 Å². The molecule has 1 amide bonds. The Morgan fingerprint density at radius 1 is 1.24 bits per heavy atom. The van der Waals surface area contributed by atoms with Crippen LogP contribution in [0.1, 0.15) is 25.1 Å². The zero-order chi connectivity index (χ0) is 21.0. The molecule has 0 bridgehead atoms. The fraction of sp³-hybridized carbons (Fsp3) is 0.421. The first-order valence-corrected chi connectivity index (χ1v) is 9.29. The summed E-state index contributed by atoms with van der Waals surface area (Å²) in [6, 6.07) is 6.56. The van der Waals surface area contributed by atoms with E-state index in [9.17, 15) is 18.0 Å². The van der Waals surface area contributed by atoms with Crippen molar-refractivity contribution >= 4 is 17.5 Å². The molecule has 156 valence electrons. The molecule has 10 heteroatoms. The molecule has 1 heterocycles. The Labute approximate surface area is 170 Å². The molecule has 1 aromatic heterocycles. The van der Waals surface area contributed by atoms with E-state index in [1.807, 2.05) is 0 Å². The lowest BCUT2D eigenvalue weighted by Crippen LogP contribution is -2.29. The summed E-state index contributed by atoms with van der Waals surface area (Å²) >= 11 is 5.82. The molecule has 6 nitrogen and oxygen atoms in total. The van der Waals surface area contributed by atoms with Gasteiger partial charge in [-0.05, 0) is 37.6 Å². The molecule has 0 spiro atoms. The number of ether oxygens (including phenoxy) is 2. The van der Waals surface area contributed by atoms with Gasteiger partial charge in [-0.2, -0.15) is 13.2 Å². The number of amides is 1. The third kappa shape index (κ3) is 6.49. The molecule has 1 aliphatic carbocycles. The van der Waals surface area contributed by atoms with Gasteiger partial charge in [0.25, 0.3) is 0 Å². The van der Waals surface area contributed by atoms with Crippen LogP contribution < -0.4 is 14.8 Å². The van der Waals surface area contributed by atoms with Crippen LogP contribution in [0.3, 0.4) is 0 Å². The fourth-order valence-corrected chi connectivity index (χ4v) is 2.79. The second kappa shape index (κ2) is 8.86. The van der Waals surface area contributed by atoms with Gasteiger partial charge in [-0.15, -0.1) is 0 Å². The van der Waals surface area contributed by atoms with Crippen LogP contribution in [-0.2, 0) is 4.79 Å². The number of carbonyl (C=O) groups excluding carboxylic acids is 1. The molecule has 0 saturated heterocycles. The molecule has 2 aromatic rings. The first kappa shape index (κ1) is 21.2. The molecule has 1 fully saturated rings. The highest BCUT2D eigenvalue weighted by Gasteiger charge is 2.43. The molecule has 1 aromatic carbocycles. The standard InChI is InChI=1S/C19H19ClF3N3O3/c1-11(16-7-25-17(8-24-16)29-10-19(21,22)23)26-18(27)15-6-12(15)9-28-14-4-2-13(20)3-5-14/h2-5,7-8,11-12,15H,6,9-10H2,1H3,(H,26,27). The average molecular weight is 430 g/mol. The number of hydrogen-bond acceptors (Lipinski definition) is 5.